The lowest BCUT2D eigenvalue weighted by Crippen LogP contribution is -2.30. The smallest absolute Gasteiger partial charge is 0.306 e. The maximum atomic E-state index is 13.0. The second-order valence-corrected chi connectivity index (χ2v) is 23.1. The Bertz CT molecular complexity index is 1580. The van der Waals surface area contributed by atoms with E-state index in [1.165, 1.54) is 199 Å². The zero-order valence-corrected chi connectivity index (χ0v) is 53.5. The Hall–Kier alpha value is -3.67. The summed E-state index contributed by atoms with van der Waals surface area (Å²) in [6.45, 7) is 6.53. The molecule has 0 aliphatic carbocycles. The van der Waals surface area contributed by atoms with Crippen LogP contribution in [0.5, 0.6) is 0 Å². The van der Waals surface area contributed by atoms with E-state index in [0.29, 0.717) is 19.3 Å². The fourth-order valence-electron chi connectivity index (χ4n) is 9.85. The Balaban J connectivity index is 4.30. The molecule has 1 unspecified atom stereocenters. The van der Waals surface area contributed by atoms with Crippen molar-refractivity contribution >= 4 is 17.9 Å². The zero-order chi connectivity index (χ0) is 58.5. The molecule has 0 spiro atoms. The van der Waals surface area contributed by atoms with Gasteiger partial charge in [0.2, 0.25) is 0 Å². The molecule has 0 aromatic rings. The first kappa shape index (κ1) is 77.3. The van der Waals surface area contributed by atoms with Gasteiger partial charge in [-0.1, -0.05) is 298 Å². The lowest BCUT2D eigenvalue weighted by molar-refractivity contribution is -0.167. The van der Waals surface area contributed by atoms with Crippen molar-refractivity contribution < 1.29 is 28.6 Å². The van der Waals surface area contributed by atoms with Gasteiger partial charge in [0.25, 0.3) is 0 Å². The summed E-state index contributed by atoms with van der Waals surface area (Å²) < 4.78 is 17.0. The summed E-state index contributed by atoms with van der Waals surface area (Å²) in [5.41, 5.74) is 0. The fraction of sp³-hybridized carbons (Fsp3) is 0.747. The standard InChI is InChI=1S/C75H130O6/c1-4-7-10-13-16-19-22-25-27-29-31-33-35-36-37-38-40-41-43-45-47-50-53-56-59-62-65-68-74(77)80-71-72(70-79-73(76)67-64-61-58-55-52-49-24-21-18-15-12-9-6-3)81-75(78)69-66-63-60-57-54-51-48-46-44-42-39-34-32-30-28-26-23-20-17-14-11-8-5-2/h7,10,16,19,21,23-27,30-33,36-37,72H,4-6,8-9,11-15,17-18,20,22,28-29,34-35,38-71H2,1-3H3/b10-7-,19-16-,24-21-,26-23-,27-25-,32-30-,33-31-,37-36-. The summed E-state index contributed by atoms with van der Waals surface area (Å²) in [5.74, 6) is -0.880. The van der Waals surface area contributed by atoms with E-state index < -0.39 is 6.10 Å². The topological polar surface area (TPSA) is 78.9 Å². The normalized spacial score (nSPS) is 12.7. The number of carbonyl (C=O) groups excluding carboxylic acids is 3. The van der Waals surface area contributed by atoms with Crippen LogP contribution in [-0.2, 0) is 28.6 Å². The van der Waals surface area contributed by atoms with Crippen molar-refractivity contribution in [3.8, 4) is 0 Å². The van der Waals surface area contributed by atoms with Crippen molar-refractivity contribution in [3.63, 3.8) is 0 Å². The number of hydrogen-bond acceptors (Lipinski definition) is 6. The average molecular weight is 1130 g/mol. The van der Waals surface area contributed by atoms with E-state index in [1.54, 1.807) is 0 Å². The van der Waals surface area contributed by atoms with Crippen molar-refractivity contribution in [1.29, 1.82) is 0 Å². The molecule has 0 aromatic carbocycles. The third-order valence-corrected chi connectivity index (χ3v) is 15.0. The van der Waals surface area contributed by atoms with Crippen LogP contribution >= 0.6 is 0 Å². The minimum Gasteiger partial charge on any atom is -0.462 e. The van der Waals surface area contributed by atoms with Crippen LogP contribution in [0.2, 0.25) is 0 Å². The van der Waals surface area contributed by atoms with Crippen LogP contribution in [0.25, 0.3) is 0 Å². The van der Waals surface area contributed by atoms with Gasteiger partial charge in [0.15, 0.2) is 6.10 Å². The van der Waals surface area contributed by atoms with E-state index in [0.717, 1.165) is 103 Å². The molecule has 0 saturated heterocycles. The molecule has 81 heavy (non-hydrogen) atoms. The Kier molecular flexibility index (Phi) is 65.7. The number of hydrogen-bond donors (Lipinski definition) is 0. The number of carbonyl (C=O) groups is 3. The predicted octanol–water partition coefficient (Wildman–Crippen LogP) is 24.0. The van der Waals surface area contributed by atoms with E-state index in [4.69, 9.17) is 14.2 Å². The maximum Gasteiger partial charge on any atom is 0.306 e. The van der Waals surface area contributed by atoms with Gasteiger partial charge in [0.1, 0.15) is 13.2 Å². The number of allylic oxidation sites excluding steroid dienone is 16. The molecule has 0 aliphatic rings. The first-order valence-electron chi connectivity index (χ1n) is 34.7. The second kappa shape index (κ2) is 68.8. The molecule has 6 heteroatoms. The molecule has 0 radical (unpaired) electrons. The Labute approximate surface area is 502 Å². The van der Waals surface area contributed by atoms with Crippen LogP contribution < -0.4 is 0 Å². The summed E-state index contributed by atoms with van der Waals surface area (Å²) in [4.78, 5) is 38.4. The van der Waals surface area contributed by atoms with Gasteiger partial charge in [-0.15, -0.1) is 0 Å². The summed E-state index contributed by atoms with van der Waals surface area (Å²) in [6.07, 6.45) is 92.8. The molecule has 0 saturated carbocycles. The Morgan fingerprint density at radius 2 is 0.481 bits per heavy atom. The molecule has 0 amide bonds. The van der Waals surface area contributed by atoms with Crippen molar-refractivity contribution in [1.82, 2.24) is 0 Å². The number of ether oxygens (including phenoxy) is 3. The van der Waals surface area contributed by atoms with Crippen molar-refractivity contribution in [3.05, 3.63) is 97.2 Å². The molecule has 6 nitrogen and oxygen atoms in total. The van der Waals surface area contributed by atoms with Crippen LogP contribution in [0.4, 0.5) is 0 Å². The fourth-order valence-corrected chi connectivity index (χ4v) is 9.85. The molecule has 0 rings (SSSR count). The minimum absolute atomic E-state index is 0.0807. The lowest BCUT2D eigenvalue weighted by Gasteiger charge is -2.18. The highest BCUT2D eigenvalue weighted by atomic mass is 16.6. The molecule has 0 aliphatic heterocycles. The van der Waals surface area contributed by atoms with Gasteiger partial charge in [-0.2, -0.15) is 0 Å². The first-order valence-corrected chi connectivity index (χ1v) is 34.7. The van der Waals surface area contributed by atoms with E-state index in [-0.39, 0.29) is 31.1 Å². The van der Waals surface area contributed by atoms with Gasteiger partial charge < -0.3 is 14.2 Å². The summed E-state index contributed by atoms with van der Waals surface area (Å²) >= 11 is 0. The van der Waals surface area contributed by atoms with Crippen LogP contribution in [-0.4, -0.2) is 37.2 Å². The highest BCUT2D eigenvalue weighted by Gasteiger charge is 2.19. The molecule has 1 atom stereocenters. The van der Waals surface area contributed by atoms with Crippen molar-refractivity contribution in [2.75, 3.05) is 13.2 Å². The molecule has 0 heterocycles. The van der Waals surface area contributed by atoms with E-state index in [9.17, 15) is 14.4 Å². The van der Waals surface area contributed by atoms with Gasteiger partial charge >= 0.3 is 17.9 Å². The van der Waals surface area contributed by atoms with Crippen LogP contribution in [0.3, 0.4) is 0 Å². The SMILES string of the molecule is CC/C=C\C/C=C\C/C=C\C/C=C\C/C=C\CCCCCCCCCCCCCC(=O)OCC(COC(=O)CCCCCCC/C=C\CCCCCC)OC(=O)CCCCCCCCCCCCC/C=C\C/C=C\CCCCCCC. The number of esters is 3. The predicted molar refractivity (Wildman–Crippen MR) is 353 cm³/mol. The first-order chi connectivity index (χ1) is 40.0. The third kappa shape index (κ3) is 67.0. The van der Waals surface area contributed by atoms with E-state index in [1.807, 2.05) is 0 Å². The molecule has 466 valence electrons. The van der Waals surface area contributed by atoms with Gasteiger partial charge in [-0.25, -0.2) is 0 Å². The van der Waals surface area contributed by atoms with Gasteiger partial charge in [-0.05, 0) is 122 Å². The highest BCUT2D eigenvalue weighted by Crippen LogP contribution is 2.17. The lowest BCUT2D eigenvalue weighted by atomic mass is 10.0. The number of rotatable bonds is 63. The Morgan fingerprint density at radius 1 is 0.259 bits per heavy atom. The van der Waals surface area contributed by atoms with Gasteiger partial charge in [-0.3, -0.25) is 14.4 Å². The molecule has 0 N–H and O–H groups in total. The van der Waals surface area contributed by atoms with Crippen LogP contribution in [0.1, 0.15) is 342 Å². The minimum atomic E-state index is -0.785. The monoisotopic (exact) mass is 1130 g/mol. The Morgan fingerprint density at radius 3 is 0.778 bits per heavy atom. The zero-order valence-electron chi connectivity index (χ0n) is 53.5. The summed E-state index contributed by atoms with van der Waals surface area (Å²) in [7, 11) is 0. The van der Waals surface area contributed by atoms with Crippen molar-refractivity contribution in [2.24, 2.45) is 0 Å². The quantitative estimate of drug-likeness (QED) is 0.0261. The highest BCUT2D eigenvalue weighted by molar-refractivity contribution is 5.71. The van der Waals surface area contributed by atoms with E-state index >= 15 is 0 Å². The molecule has 0 aromatic heterocycles. The van der Waals surface area contributed by atoms with Crippen molar-refractivity contribution in [2.45, 2.75) is 348 Å². The third-order valence-electron chi connectivity index (χ3n) is 15.0. The number of unbranched alkanes of at least 4 members (excludes halogenated alkanes) is 36. The molecule has 0 bridgehead atoms. The largest absolute Gasteiger partial charge is 0.462 e. The van der Waals surface area contributed by atoms with Gasteiger partial charge in [0.05, 0.1) is 0 Å². The average Bonchev–Trinajstić information content (AvgIpc) is 3.46. The summed E-state index contributed by atoms with van der Waals surface area (Å²) in [5, 5.41) is 0. The second-order valence-electron chi connectivity index (χ2n) is 23.1. The summed E-state index contributed by atoms with van der Waals surface area (Å²) in [6, 6.07) is 0. The maximum absolute atomic E-state index is 13.0. The molecular weight excluding hydrogens is 997 g/mol. The molecule has 0 fully saturated rings. The van der Waals surface area contributed by atoms with Crippen LogP contribution in [0.15, 0.2) is 97.2 Å². The van der Waals surface area contributed by atoms with E-state index in [2.05, 4.69) is 118 Å². The molecular formula is C75H130O6. The van der Waals surface area contributed by atoms with Crippen LogP contribution in [0, 0.1) is 0 Å². The van der Waals surface area contributed by atoms with Gasteiger partial charge in [0, 0.05) is 19.3 Å².